The molecular weight excluding hydrogens is 232 g/mol. The summed E-state index contributed by atoms with van der Waals surface area (Å²) in [6.45, 7) is 7.19. The second kappa shape index (κ2) is 5.06. The van der Waals surface area contributed by atoms with Crippen LogP contribution in [-0.4, -0.2) is 29.6 Å². The van der Waals surface area contributed by atoms with Crippen LogP contribution in [0.25, 0.3) is 0 Å². The summed E-state index contributed by atoms with van der Waals surface area (Å²) in [5.41, 5.74) is -0.941. The fourth-order valence-corrected chi connectivity index (χ4v) is 1.90. The maximum absolute atomic E-state index is 12.3. The molecule has 1 rings (SSSR count). The van der Waals surface area contributed by atoms with Crippen LogP contribution in [0.5, 0.6) is 0 Å². The molecule has 0 heterocycles. The zero-order valence-corrected chi connectivity index (χ0v) is 11.5. The van der Waals surface area contributed by atoms with E-state index in [9.17, 15) is 14.7 Å². The molecule has 1 atom stereocenters. The molecule has 0 saturated carbocycles. The summed E-state index contributed by atoms with van der Waals surface area (Å²) in [6, 6.07) is 0. The van der Waals surface area contributed by atoms with Crippen molar-refractivity contribution in [2.75, 3.05) is 7.11 Å². The van der Waals surface area contributed by atoms with Crippen LogP contribution in [0.4, 0.5) is 0 Å². The van der Waals surface area contributed by atoms with Gasteiger partial charge in [-0.1, -0.05) is 27.7 Å². The van der Waals surface area contributed by atoms with Gasteiger partial charge in [0, 0.05) is 5.57 Å². The Bertz CT molecular complexity index is 429. The molecule has 1 aliphatic carbocycles. The maximum Gasteiger partial charge on any atom is 0.337 e. The van der Waals surface area contributed by atoms with Gasteiger partial charge in [0.05, 0.1) is 12.7 Å². The maximum atomic E-state index is 12.3. The van der Waals surface area contributed by atoms with Crippen molar-refractivity contribution in [3.63, 3.8) is 0 Å². The smallest absolute Gasteiger partial charge is 0.337 e. The van der Waals surface area contributed by atoms with Gasteiger partial charge in [0.2, 0.25) is 0 Å². The Morgan fingerprint density at radius 1 is 1.33 bits per heavy atom. The molecule has 1 unspecified atom stereocenters. The molecule has 0 bridgehead atoms. The molecule has 4 nitrogen and oxygen atoms in total. The van der Waals surface area contributed by atoms with E-state index < -0.39 is 11.6 Å². The fourth-order valence-electron chi connectivity index (χ4n) is 1.90. The molecule has 18 heavy (non-hydrogen) atoms. The van der Waals surface area contributed by atoms with Gasteiger partial charge in [0.25, 0.3) is 0 Å². The Labute approximate surface area is 107 Å². The molecule has 0 aromatic rings. The van der Waals surface area contributed by atoms with Gasteiger partial charge in [-0.05, 0) is 24.0 Å². The van der Waals surface area contributed by atoms with Gasteiger partial charge in [0.1, 0.15) is 5.60 Å². The highest BCUT2D eigenvalue weighted by atomic mass is 16.5. The summed E-state index contributed by atoms with van der Waals surface area (Å²) in [6.07, 6.45) is 2.81. The zero-order valence-electron chi connectivity index (χ0n) is 11.5. The molecule has 0 radical (unpaired) electrons. The highest BCUT2D eigenvalue weighted by Gasteiger charge is 2.43. The van der Waals surface area contributed by atoms with Crippen molar-refractivity contribution in [3.8, 4) is 0 Å². The second-order valence-electron chi connectivity index (χ2n) is 5.15. The van der Waals surface area contributed by atoms with Gasteiger partial charge in [-0.25, -0.2) is 4.79 Å². The first-order valence-corrected chi connectivity index (χ1v) is 6.04. The summed E-state index contributed by atoms with van der Waals surface area (Å²) in [5, 5.41) is 10.5. The molecular formula is C14H20O4. The van der Waals surface area contributed by atoms with Crippen molar-refractivity contribution in [2.45, 2.75) is 33.3 Å². The third-order valence-corrected chi connectivity index (χ3v) is 3.24. The van der Waals surface area contributed by atoms with Gasteiger partial charge in [-0.3, -0.25) is 4.79 Å². The van der Waals surface area contributed by atoms with E-state index in [4.69, 9.17) is 0 Å². The van der Waals surface area contributed by atoms with Crippen LogP contribution in [0, 0.1) is 11.8 Å². The third kappa shape index (κ3) is 2.38. The molecule has 0 aromatic heterocycles. The van der Waals surface area contributed by atoms with Gasteiger partial charge in [0.15, 0.2) is 5.78 Å². The Hall–Kier alpha value is -1.42. The lowest BCUT2D eigenvalue weighted by Crippen LogP contribution is -2.46. The highest BCUT2D eigenvalue weighted by Crippen LogP contribution is 2.32. The van der Waals surface area contributed by atoms with Crippen molar-refractivity contribution in [1.29, 1.82) is 0 Å². The standard InChI is InChI=1S/C14H20O4/c1-8(2)11-6-10(13(16)18-5)7-14(17,9(3)4)12(11)15/h6-9,17H,1-5H3. The molecule has 1 N–H and O–H groups in total. The molecule has 0 aromatic carbocycles. The van der Waals surface area contributed by atoms with Gasteiger partial charge >= 0.3 is 5.97 Å². The van der Waals surface area contributed by atoms with Crippen LogP contribution in [0.15, 0.2) is 23.3 Å². The van der Waals surface area contributed by atoms with Gasteiger partial charge in [-0.15, -0.1) is 0 Å². The molecule has 100 valence electrons. The molecule has 0 spiro atoms. The number of esters is 1. The van der Waals surface area contributed by atoms with E-state index in [0.717, 1.165) is 0 Å². The Morgan fingerprint density at radius 2 is 1.89 bits per heavy atom. The number of aliphatic hydroxyl groups is 1. The quantitative estimate of drug-likeness (QED) is 0.775. The minimum Gasteiger partial charge on any atom is -0.465 e. The van der Waals surface area contributed by atoms with E-state index in [1.165, 1.54) is 19.3 Å². The van der Waals surface area contributed by atoms with Crippen molar-refractivity contribution in [1.82, 2.24) is 0 Å². The van der Waals surface area contributed by atoms with Crippen molar-refractivity contribution >= 4 is 11.8 Å². The number of rotatable bonds is 3. The molecule has 1 aliphatic rings. The predicted octanol–water partition coefficient (Wildman–Crippen LogP) is 1.64. The molecule has 0 saturated heterocycles. The third-order valence-electron chi connectivity index (χ3n) is 3.24. The van der Waals surface area contributed by atoms with Gasteiger partial charge < -0.3 is 9.84 Å². The van der Waals surface area contributed by atoms with Crippen LogP contribution in [0.2, 0.25) is 0 Å². The number of Topliss-reactive ketones (excluding diaryl/α,β-unsaturated/α-hetero) is 1. The largest absolute Gasteiger partial charge is 0.465 e. The first kappa shape index (κ1) is 14.6. The summed E-state index contributed by atoms with van der Waals surface area (Å²) in [7, 11) is 1.27. The average molecular weight is 252 g/mol. The average Bonchev–Trinajstić information content (AvgIpc) is 2.30. The van der Waals surface area contributed by atoms with Crippen molar-refractivity contribution < 1.29 is 19.4 Å². The molecule has 0 amide bonds. The summed E-state index contributed by atoms with van der Waals surface area (Å²) in [4.78, 5) is 23.9. The van der Waals surface area contributed by atoms with E-state index in [0.29, 0.717) is 5.57 Å². The molecule has 0 aliphatic heterocycles. The minimum absolute atomic E-state index is 0.0591. The van der Waals surface area contributed by atoms with Crippen LogP contribution < -0.4 is 0 Å². The minimum atomic E-state index is -1.63. The lowest BCUT2D eigenvalue weighted by atomic mass is 9.75. The fraction of sp³-hybridized carbons (Fsp3) is 0.571. The van der Waals surface area contributed by atoms with E-state index in [2.05, 4.69) is 4.74 Å². The van der Waals surface area contributed by atoms with Crippen LogP contribution in [0.1, 0.15) is 27.7 Å². The van der Waals surface area contributed by atoms with Crippen LogP contribution >= 0.6 is 0 Å². The normalized spacial score (nSPS) is 24.1. The molecule has 0 fully saturated rings. The van der Waals surface area contributed by atoms with E-state index >= 15 is 0 Å². The van der Waals surface area contributed by atoms with Crippen molar-refractivity contribution in [3.05, 3.63) is 23.3 Å². The zero-order chi connectivity index (χ0) is 14.1. The number of ketones is 1. The SMILES string of the molecule is COC(=O)C1=CC(O)(C(C)C)C(=O)C(C(C)C)=C1. The van der Waals surface area contributed by atoms with Crippen LogP contribution in [-0.2, 0) is 14.3 Å². The number of hydrogen-bond donors (Lipinski definition) is 1. The number of carbonyl (C=O) groups excluding carboxylic acids is 2. The second-order valence-corrected chi connectivity index (χ2v) is 5.15. The first-order valence-electron chi connectivity index (χ1n) is 6.04. The van der Waals surface area contributed by atoms with Crippen molar-refractivity contribution in [2.24, 2.45) is 11.8 Å². The van der Waals surface area contributed by atoms with Crippen LogP contribution in [0.3, 0.4) is 0 Å². The highest BCUT2D eigenvalue weighted by molar-refractivity contribution is 6.09. The number of hydrogen-bond acceptors (Lipinski definition) is 4. The number of methoxy groups -OCH3 is 1. The number of ether oxygens (including phenoxy) is 1. The summed E-state index contributed by atoms with van der Waals surface area (Å²) < 4.78 is 4.65. The lowest BCUT2D eigenvalue weighted by Gasteiger charge is -2.32. The Balaban J connectivity index is 3.35. The lowest BCUT2D eigenvalue weighted by molar-refractivity contribution is -0.136. The monoisotopic (exact) mass is 252 g/mol. The van der Waals surface area contributed by atoms with E-state index in [1.54, 1.807) is 13.8 Å². The van der Waals surface area contributed by atoms with E-state index in [-0.39, 0.29) is 23.2 Å². The first-order chi connectivity index (χ1) is 8.24. The number of carbonyl (C=O) groups is 2. The predicted molar refractivity (Wildman–Crippen MR) is 67.8 cm³/mol. The molecule has 4 heteroatoms. The van der Waals surface area contributed by atoms with Gasteiger partial charge in [-0.2, -0.15) is 0 Å². The van der Waals surface area contributed by atoms with E-state index in [1.807, 2.05) is 13.8 Å². The summed E-state index contributed by atoms with van der Waals surface area (Å²) in [5.74, 6) is -1.25. The Kier molecular flexibility index (Phi) is 4.12. The Morgan fingerprint density at radius 3 is 2.28 bits per heavy atom. The topological polar surface area (TPSA) is 63.6 Å². The summed E-state index contributed by atoms with van der Waals surface area (Å²) >= 11 is 0.